The normalized spacial score (nSPS) is 13.7. The van der Waals surface area contributed by atoms with Crippen molar-refractivity contribution < 1.29 is 4.79 Å². The zero-order chi connectivity index (χ0) is 13.0. The highest BCUT2D eigenvalue weighted by Gasteiger charge is 2.22. The number of anilines is 2. The van der Waals surface area contributed by atoms with Gasteiger partial charge in [-0.3, -0.25) is 4.79 Å². The summed E-state index contributed by atoms with van der Waals surface area (Å²) in [5.41, 5.74) is 6.56. The molecule has 0 spiro atoms. The molecule has 2 rings (SSSR count). The quantitative estimate of drug-likeness (QED) is 0.705. The SMILES string of the molecule is N#Cc1cnc(NCCC(=O)NC2CC2)c(N)c1. The molecule has 1 amide bonds. The van der Waals surface area contributed by atoms with Crippen molar-refractivity contribution in [3.8, 4) is 6.07 Å². The van der Waals surface area contributed by atoms with Crippen molar-refractivity contribution in [1.29, 1.82) is 5.26 Å². The van der Waals surface area contributed by atoms with Gasteiger partial charge in [-0.05, 0) is 18.9 Å². The summed E-state index contributed by atoms with van der Waals surface area (Å²) in [6.07, 6.45) is 4.01. The van der Waals surface area contributed by atoms with Gasteiger partial charge in [0.05, 0.1) is 11.3 Å². The number of nitrogen functional groups attached to an aromatic ring is 1. The summed E-state index contributed by atoms with van der Waals surface area (Å²) in [5, 5.41) is 14.6. The Hall–Kier alpha value is -2.29. The molecular formula is C12H15N5O. The third-order valence-electron chi connectivity index (χ3n) is 2.63. The minimum Gasteiger partial charge on any atom is -0.396 e. The molecule has 18 heavy (non-hydrogen) atoms. The van der Waals surface area contributed by atoms with Crippen LogP contribution in [-0.4, -0.2) is 23.5 Å². The maximum atomic E-state index is 11.4. The van der Waals surface area contributed by atoms with E-state index in [1.807, 2.05) is 6.07 Å². The second-order valence-corrected chi connectivity index (χ2v) is 4.29. The fourth-order valence-electron chi connectivity index (χ4n) is 1.51. The second kappa shape index (κ2) is 5.36. The summed E-state index contributed by atoms with van der Waals surface area (Å²) in [5.74, 6) is 0.547. The maximum Gasteiger partial charge on any atom is 0.221 e. The first-order valence-corrected chi connectivity index (χ1v) is 5.88. The van der Waals surface area contributed by atoms with Crippen molar-refractivity contribution in [3.63, 3.8) is 0 Å². The highest BCUT2D eigenvalue weighted by atomic mass is 16.1. The van der Waals surface area contributed by atoms with Crippen molar-refractivity contribution in [2.45, 2.75) is 25.3 Å². The van der Waals surface area contributed by atoms with Crippen molar-refractivity contribution in [1.82, 2.24) is 10.3 Å². The van der Waals surface area contributed by atoms with E-state index in [1.165, 1.54) is 6.20 Å². The predicted molar refractivity (Wildman–Crippen MR) is 67.6 cm³/mol. The number of carbonyl (C=O) groups excluding carboxylic acids is 1. The first-order valence-electron chi connectivity index (χ1n) is 5.88. The van der Waals surface area contributed by atoms with Crippen LogP contribution in [-0.2, 0) is 4.79 Å². The first kappa shape index (κ1) is 12.2. The van der Waals surface area contributed by atoms with E-state index in [-0.39, 0.29) is 5.91 Å². The van der Waals surface area contributed by atoms with Gasteiger partial charge in [-0.2, -0.15) is 5.26 Å². The highest BCUT2D eigenvalue weighted by Crippen LogP contribution is 2.19. The smallest absolute Gasteiger partial charge is 0.221 e. The van der Waals surface area contributed by atoms with Crippen molar-refractivity contribution >= 4 is 17.4 Å². The van der Waals surface area contributed by atoms with Crippen molar-refractivity contribution in [2.24, 2.45) is 0 Å². The molecule has 1 aromatic heterocycles. The van der Waals surface area contributed by atoms with Crippen LogP contribution in [0.25, 0.3) is 0 Å². The highest BCUT2D eigenvalue weighted by molar-refractivity contribution is 5.77. The molecule has 0 unspecified atom stereocenters. The Kier molecular flexibility index (Phi) is 3.63. The van der Waals surface area contributed by atoms with Crippen molar-refractivity contribution in [3.05, 3.63) is 17.8 Å². The van der Waals surface area contributed by atoms with Crippen LogP contribution in [0.1, 0.15) is 24.8 Å². The Bertz CT molecular complexity index is 490. The minimum absolute atomic E-state index is 0.0391. The molecule has 1 aromatic rings. The van der Waals surface area contributed by atoms with E-state index in [0.29, 0.717) is 36.1 Å². The van der Waals surface area contributed by atoms with Crippen LogP contribution in [0.4, 0.5) is 11.5 Å². The number of pyridine rings is 1. The Balaban J connectivity index is 1.79. The lowest BCUT2D eigenvalue weighted by Crippen LogP contribution is -2.27. The van der Waals surface area contributed by atoms with Gasteiger partial charge in [0.25, 0.3) is 0 Å². The van der Waals surface area contributed by atoms with E-state index in [0.717, 1.165) is 12.8 Å². The number of amides is 1. The van der Waals surface area contributed by atoms with Gasteiger partial charge >= 0.3 is 0 Å². The van der Waals surface area contributed by atoms with Gasteiger partial charge in [0.2, 0.25) is 5.91 Å². The van der Waals surface area contributed by atoms with Gasteiger partial charge in [0.15, 0.2) is 0 Å². The fraction of sp³-hybridized carbons (Fsp3) is 0.417. The number of nitrogens with two attached hydrogens (primary N) is 1. The number of nitrogens with one attached hydrogen (secondary N) is 2. The van der Waals surface area contributed by atoms with Gasteiger partial charge in [-0.15, -0.1) is 0 Å². The molecule has 0 bridgehead atoms. The second-order valence-electron chi connectivity index (χ2n) is 4.29. The third kappa shape index (κ3) is 3.35. The van der Waals surface area contributed by atoms with Crippen LogP contribution in [0, 0.1) is 11.3 Å². The molecule has 1 saturated carbocycles. The fourth-order valence-corrected chi connectivity index (χ4v) is 1.51. The molecule has 4 N–H and O–H groups in total. The number of nitriles is 1. The van der Waals surface area contributed by atoms with E-state index in [2.05, 4.69) is 15.6 Å². The van der Waals surface area contributed by atoms with Gasteiger partial charge in [0, 0.05) is 25.2 Å². The molecule has 1 aliphatic carbocycles. The molecule has 1 heterocycles. The lowest BCUT2D eigenvalue weighted by atomic mass is 10.2. The van der Waals surface area contributed by atoms with Crippen LogP contribution >= 0.6 is 0 Å². The molecule has 1 aliphatic rings. The maximum absolute atomic E-state index is 11.4. The number of hydrogen-bond donors (Lipinski definition) is 3. The molecule has 0 radical (unpaired) electrons. The molecule has 6 heteroatoms. The number of aromatic nitrogens is 1. The Morgan fingerprint density at radius 3 is 3.00 bits per heavy atom. The minimum atomic E-state index is 0.0391. The Morgan fingerprint density at radius 1 is 1.61 bits per heavy atom. The zero-order valence-electron chi connectivity index (χ0n) is 9.94. The van der Waals surface area contributed by atoms with E-state index in [1.54, 1.807) is 6.07 Å². The number of carbonyl (C=O) groups is 1. The van der Waals surface area contributed by atoms with Gasteiger partial charge in [-0.1, -0.05) is 0 Å². The number of hydrogen-bond acceptors (Lipinski definition) is 5. The molecule has 94 valence electrons. The Morgan fingerprint density at radius 2 is 2.39 bits per heavy atom. The standard InChI is InChI=1S/C12H15N5O/c13-6-8-5-10(14)12(16-7-8)15-4-3-11(18)17-9-1-2-9/h5,7,9H,1-4,14H2,(H,15,16)(H,17,18). The molecule has 6 nitrogen and oxygen atoms in total. The molecular weight excluding hydrogens is 230 g/mol. The first-order chi connectivity index (χ1) is 8.69. The van der Waals surface area contributed by atoms with Gasteiger partial charge < -0.3 is 16.4 Å². The van der Waals surface area contributed by atoms with Crippen LogP contribution in [0.3, 0.4) is 0 Å². The third-order valence-corrected chi connectivity index (χ3v) is 2.63. The monoisotopic (exact) mass is 245 g/mol. The van der Waals surface area contributed by atoms with Gasteiger partial charge in [-0.25, -0.2) is 4.98 Å². The molecule has 0 aromatic carbocycles. The average molecular weight is 245 g/mol. The van der Waals surface area contributed by atoms with Gasteiger partial charge in [0.1, 0.15) is 11.9 Å². The van der Waals surface area contributed by atoms with Crippen LogP contribution < -0.4 is 16.4 Å². The summed E-state index contributed by atoms with van der Waals surface area (Å²) in [6, 6.07) is 3.90. The largest absolute Gasteiger partial charge is 0.396 e. The van der Waals surface area contributed by atoms with Crippen LogP contribution in [0.5, 0.6) is 0 Å². The molecule has 0 saturated heterocycles. The van der Waals surface area contributed by atoms with E-state index < -0.39 is 0 Å². The van der Waals surface area contributed by atoms with Crippen LogP contribution in [0.2, 0.25) is 0 Å². The molecule has 0 atom stereocenters. The van der Waals surface area contributed by atoms with Crippen molar-refractivity contribution in [2.75, 3.05) is 17.6 Å². The van der Waals surface area contributed by atoms with E-state index in [4.69, 9.17) is 11.0 Å². The lowest BCUT2D eigenvalue weighted by molar-refractivity contribution is -0.120. The van der Waals surface area contributed by atoms with E-state index in [9.17, 15) is 4.79 Å². The lowest BCUT2D eigenvalue weighted by Gasteiger charge is -2.08. The summed E-state index contributed by atoms with van der Waals surface area (Å²) < 4.78 is 0. The summed E-state index contributed by atoms with van der Waals surface area (Å²) >= 11 is 0. The number of rotatable bonds is 5. The molecule has 1 fully saturated rings. The summed E-state index contributed by atoms with van der Waals surface area (Å²) in [6.45, 7) is 0.474. The number of nitrogens with zero attached hydrogens (tertiary/aromatic N) is 2. The Labute approximate surface area is 105 Å². The topological polar surface area (TPSA) is 104 Å². The van der Waals surface area contributed by atoms with Crippen LogP contribution in [0.15, 0.2) is 12.3 Å². The average Bonchev–Trinajstić information content (AvgIpc) is 3.15. The zero-order valence-corrected chi connectivity index (χ0v) is 9.94. The predicted octanol–water partition coefficient (Wildman–Crippen LogP) is 0.616. The summed E-state index contributed by atoms with van der Waals surface area (Å²) in [7, 11) is 0. The van der Waals surface area contributed by atoms with E-state index >= 15 is 0 Å². The summed E-state index contributed by atoms with van der Waals surface area (Å²) in [4.78, 5) is 15.5. The molecule has 0 aliphatic heterocycles.